The van der Waals surface area contributed by atoms with Gasteiger partial charge in [0.2, 0.25) is 0 Å². The Kier molecular flexibility index (Phi) is 6.47. The summed E-state index contributed by atoms with van der Waals surface area (Å²) in [7, 11) is 0. The number of hydrogen-bond acceptors (Lipinski definition) is 3. The van der Waals surface area contributed by atoms with Gasteiger partial charge in [-0.05, 0) is 54.4 Å². The van der Waals surface area contributed by atoms with Gasteiger partial charge in [0.15, 0.2) is 6.10 Å². The summed E-state index contributed by atoms with van der Waals surface area (Å²) in [6, 6.07) is 21.8. The van der Waals surface area contributed by atoms with Crippen molar-refractivity contribution in [2.75, 3.05) is 0 Å². The van der Waals surface area contributed by atoms with E-state index in [0.717, 1.165) is 14.5 Å². The Bertz CT molecular complexity index is 904. The monoisotopic (exact) mass is 488 g/mol. The topological polar surface area (TPSA) is 46.5 Å². The number of carbonyl (C=O) groups excluding carboxylic acids is 1. The van der Waals surface area contributed by atoms with Crippen LogP contribution >= 0.6 is 31.9 Å². The summed E-state index contributed by atoms with van der Waals surface area (Å²) in [5, 5.41) is 10.9. The van der Waals surface area contributed by atoms with E-state index in [1.54, 1.807) is 24.3 Å². The van der Waals surface area contributed by atoms with Gasteiger partial charge in [-0.15, -0.1) is 0 Å². The van der Waals surface area contributed by atoms with E-state index in [1.165, 1.54) is 0 Å². The Morgan fingerprint density at radius 3 is 1.81 bits per heavy atom. The van der Waals surface area contributed by atoms with Gasteiger partial charge in [-0.1, -0.05) is 73.8 Å². The van der Waals surface area contributed by atoms with Gasteiger partial charge in [0.05, 0.1) is 5.56 Å². The molecule has 0 aliphatic heterocycles. The second-order valence-electron chi connectivity index (χ2n) is 6.24. The summed E-state index contributed by atoms with van der Waals surface area (Å²) in [4.78, 5) is 12.6. The van der Waals surface area contributed by atoms with Crippen LogP contribution in [0.25, 0.3) is 0 Å². The third kappa shape index (κ3) is 5.06. The minimum absolute atomic E-state index is 0.450. The third-order valence-electron chi connectivity index (χ3n) is 4.22. The number of aliphatic hydroxyl groups is 1. The lowest BCUT2D eigenvalue weighted by Crippen LogP contribution is -2.19. The average Bonchev–Trinajstić information content (AvgIpc) is 2.67. The molecule has 0 amide bonds. The summed E-state index contributed by atoms with van der Waals surface area (Å²) in [6.07, 6.45) is -1.82. The first-order chi connectivity index (χ1) is 12.9. The molecule has 0 aromatic heterocycles. The van der Waals surface area contributed by atoms with Crippen molar-refractivity contribution in [3.63, 3.8) is 0 Å². The molecule has 138 valence electrons. The minimum atomic E-state index is -0.992. The van der Waals surface area contributed by atoms with Gasteiger partial charge in [0, 0.05) is 8.95 Å². The van der Waals surface area contributed by atoms with Crippen molar-refractivity contribution < 1.29 is 14.6 Å². The van der Waals surface area contributed by atoms with Gasteiger partial charge in [0.25, 0.3) is 0 Å². The van der Waals surface area contributed by atoms with Crippen LogP contribution in [0.4, 0.5) is 0 Å². The van der Waals surface area contributed by atoms with Crippen LogP contribution in [-0.4, -0.2) is 11.1 Å². The van der Waals surface area contributed by atoms with Gasteiger partial charge in [-0.2, -0.15) is 0 Å². The van der Waals surface area contributed by atoms with Crippen LogP contribution < -0.4 is 0 Å². The molecule has 0 saturated heterocycles. The second kappa shape index (κ2) is 8.83. The predicted octanol–water partition coefficient (Wildman–Crippen LogP) is 6.15. The Hall–Kier alpha value is -1.95. The van der Waals surface area contributed by atoms with Crippen molar-refractivity contribution in [2.45, 2.75) is 19.1 Å². The minimum Gasteiger partial charge on any atom is -0.451 e. The summed E-state index contributed by atoms with van der Waals surface area (Å²) < 4.78 is 7.56. The molecule has 0 aliphatic rings. The standard InChI is InChI=1S/C22H18Br2O3/c1-14-2-4-17(5-3-14)22(26)27-21(16-8-12-19(24)13-9-16)20(25)15-6-10-18(23)11-7-15/h2-13,20-21,25H,1H3/t20-,21+/m1/s1. The summed E-state index contributed by atoms with van der Waals surface area (Å²) in [5.41, 5.74) is 2.90. The molecule has 0 saturated carbocycles. The summed E-state index contributed by atoms with van der Waals surface area (Å²) in [5.74, 6) is -0.473. The van der Waals surface area contributed by atoms with E-state index >= 15 is 0 Å². The van der Waals surface area contributed by atoms with Crippen LogP contribution in [0, 0.1) is 6.92 Å². The average molecular weight is 490 g/mol. The Labute approximate surface area is 175 Å². The Balaban J connectivity index is 1.91. The van der Waals surface area contributed by atoms with E-state index in [0.29, 0.717) is 16.7 Å². The smallest absolute Gasteiger partial charge is 0.338 e. The molecule has 0 bridgehead atoms. The zero-order valence-corrected chi connectivity index (χ0v) is 17.8. The van der Waals surface area contributed by atoms with E-state index in [9.17, 15) is 9.90 Å². The number of hydrogen-bond donors (Lipinski definition) is 1. The number of rotatable bonds is 5. The molecule has 3 rings (SSSR count). The highest BCUT2D eigenvalue weighted by Crippen LogP contribution is 2.34. The third-order valence-corrected chi connectivity index (χ3v) is 5.28. The van der Waals surface area contributed by atoms with Crippen LogP contribution in [0.5, 0.6) is 0 Å². The fourth-order valence-corrected chi connectivity index (χ4v) is 3.20. The van der Waals surface area contributed by atoms with Crippen LogP contribution in [-0.2, 0) is 4.74 Å². The molecule has 1 N–H and O–H groups in total. The predicted molar refractivity (Wildman–Crippen MR) is 113 cm³/mol. The fraction of sp³-hybridized carbons (Fsp3) is 0.136. The van der Waals surface area contributed by atoms with E-state index in [2.05, 4.69) is 31.9 Å². The Morgan fingerprint density at radius 2 is 1.30 bits per heavy atom. The fourth-order valence-electron chi connectivity index (χ4n) is 2.67. The molecular weight excluding hydrogens is 472 g/mol. The van der Waals surface area contributed by atoms with E-state index in [-0.39, 0.29) is 0 Å². The molecule has 27 heavy (non-hydrogen) atoms. The van der Waals surface area contributed by atoms with Crippen molar-refractivity contribution in [1.29, 1.82) is 0 Å². The Morgan fingerprint density at radius 1 is 0.815 bits per heavy atom. The zero-order chi connectivity index (χ0) is 19.4. The lowest BCUT2D eigenvalue weighted by atomic mass is 9.98. The first kappa shape index (κ1) is 19.8. The van der Waals surface area contributed by atoms with Crippen LogP contribution in [0.1, 0.15) is 39.3 Å². The molecule has 5 heteroatoms. The largest absolute Gasteiger partial charge is 0.451 e. The van der Waals surface area contributed by atoms with Gasteiger partial charge >= 0.3 is 5.97 Å². The summed E-state index contributed by atoms with van der Waals surface area (Å²) in [6.45, 7) is 1.96. The summed E-state index contributed by atoms with van der Waals surface area (Å²) >= 11 is 6.79. The zero-order valence-electron chi connectivity index (χ0n) is 14.6. The molecule has 0 spiro atoms. The number of esters is 1. The first-order valence-electron chi connectivity index (χ1n) is 8.40. The molecule has 0 aliphatic carbocycles. The van der Waals surface area contributed by atoms with Crippen LogP contribution in [0.15, 0.2) is 81.7 Å². The molecular formula is C22H18Br2O3. The normalized spacial score (nSPS) is 13.0. The SMILES string of the molecule is Cc1ccc(C(=O)O[C@@H](c2ccc(Br)cc2)[C@H](O)c2ccc(Br)cc2)cc1. The molecule has 3 nitrogen and oxygen atoms in total. The van der Waals surface area contributed by atoms with Gasteiger partial charge in [-0.3, -0.25) is 0 Å². The maximum Gasteiger partial charge on any atom is 0.338 e. The number of ether oxygens (including phenoxy) is 1. The lowest BCUT2D eigenvalue weighted by Gasteiger charge is -2.24. The van der Waals surface area contributed by atoms with Gasteiger partial charge in [0.1, 0.15) is 6.10 Å². The molecule has 0 heterocycles. The lowest BCUT2D eigenvalue weighted by molar-refractivity contribution is -0.0209. The quantitative estimate of drug-likeness (QED) is 0.437. The number of benzene rings is 3. The van der Waals surface area contributed by atoms with Crippen molar-refractivity contribution in [1.82, 2.24) is 0 Å². The first-order valence-corrected chi connectivity index (χ1v) is 9.99. The van der Waals surface area contributed by atoms with E-state index < -0.39 is 18.2 Å². The highest BCUT2D eigenvalue weighted by molar-refractivity contribution is 9.10. The molecule has 3 aromatic carbocycles. The maximum atomic E-state index is 12.6. The molecule has 0 radical (unpaired) electrons. The number of carbonyl (C=O) groups is 1. The molecule has 0 fully saturated rings. The highest BCUT2D eigenvalue weighted by Gasteiger charge is 2.27. The maximum absolute atomic E-state index is 12.6. The van der Waals surface area contributed by atoms with E-state index in [1.807, 2.05) is 55.5 Å². The van der Waals surface area contributed by atoms with Crippen molar-refractivity contribution in [3.05, 3.63) is 104 Å². The van der Waals surface area contributed by atoms with Crippen molar-refractivity contribution >= 4 is 37.8 Å². The molecule has 2 atom stereocenters. The molecule has 0 unspecified atom stereocenters. The molecule has 3 aromatic rings. The van der Waals surface area contributed by atoms with Crippen LogP contribution in [0.3, 0.4) is 0 Å². The van der Waals surface area contributed by atoms with Gasteiger partial charge < -0.3 is 9.84 Å². The number of halogens is 2. The van der Waals surface area contributed by atoms with Gasteiger partial charge in [-0.25, -0.2) is 4.79 Å². The van der Waals surface area contributed by atoms with Crippen molar-refractivity contribution in [3.8, 4) is 0 Å². The highest BCUT2D eigenvalue weighted by atomic mass is 79.9. The number of aryl methyl sites for hydroxylation is 1. The van der Waals surface area contributed by atoms with E-state index in [4.69, 9.17) is 4.74 Å². The number of aliphatic hydroxyl groups excluding tert-OH is 1. The van der Waals surface area contributed by atoms with Crippen molar-refractivity contribution in [2.24, 2.45) is 0 Å². The second-order valence-corrected chi connectivity index (χ2v) is 8.07. The van der Waals surface area contributed by atoms with Crippen LogP contribution in [0.2, 0.25) is 0 Å².